The number of carbonyl (C=O) groups is 2. The van der Waals surface area contributed by atoms with Gasteiger partial charge in [-0.15, -0.1) is 0 Å². The summed E-state index contributed by atoms with van der Waals surface area (Å²) in [6.07, 6.45) is 0.489. The minimum Gasteiger partial charge on any atom is -0.462 e. The Morgan fingerprint density at radius 1 is 1.21 bits per heavy atom. The lowest BCUT2D eigenvalue weighted by Gasteiger charge is -2.38. The first-order valence-corrected chi connectivity index (χ1v) is 4.96. The van der Waals surface area contributed by atoms with Crippen LogP contribution in [0.1, 0.15) is 26.7 Å². The second-order valence-electron chi connectivity index (χ2n) is 4.12. The zero-order valence-electron chi connectivity index (χ0n) is 8.36. The maximum Gasteiger partial charge on any atom is 0.319 e. The molecule has 0 N–H and O–H groups in total. The Kier molecular flexibility index (Phi) is 2.31. The zero-order chi connectivity index (χ0) is 10.3. The Hall–Kier alpha value is -0.900. The van der Waals surface area contributed by atoms with Gasteiger partial charge in [0.15, 0.2) is 5.78 Å². The predicted octanol–water partition coefficient (Wildman–Crippen LogP) is 0.684. The molecule has 2 aliphatic heterocycles. The van der Waals surface area contributed by atoms with E-state index in [1.54, 1.807) is 0 Å². The van der Waals surface area contributed by atoms with Crippen LogP contribution in [0.25, 0.3) is 0 Å². The Morgan fingerprint density at radius 3 is 2.64 bits per heavy atom. The minimum atomic E-state index is -0.664. The van der Waals surface area contributed by atoms with E-state index in [-0.39, 0.29) is 24.1 Å². The molecule has 0 spiro atoms. The Balaban J connectivity index is 2.18. The first-order valence-electron chi connectivity index (χ1n) is 4.96. The van der Waals surface area contributed by atoms with Crippen LogP contribution in [0, 0.1) is 5.92 Å². The normalized spacial score (nSPS) is 43.0. The molecule has 78 valence electrons. The van der Waals surface area contributed by atoms with Gasteiger partial charge in [0.05, 0.1) is 12.2 Å². The highest BCUT2D eigenvalue weighted by molar-refractivity contribution is 6.00. The van der Waals surface area contributed by atoms with Crippen molar-refractivity contribution in [1.29, 1.82) is 0 Å². The first kappa shape index (κ1) is 9.65. The molecule has 0 bridgehead atoms. The van der Waals surface area contributed by atoms with E-state index < -0.39 is 11.9 Å². The third-order valence-electron chi connectivity index (χ3n) is 2.75. The van der Waals surface area contributed by atoms with Crippen LogP contribution >= 0.6 is 0 Å². The molecule has 0 aromatic rings. The number of esters is 1. The van der Waals surface area contributed by atoms with Crippen molar-refractivity contribution in [1.82, 2.24) is 0 Å². The van der Waals surface area contributed by atoms with E-state index in [0.29, 0.717) is 12.8 Å². The van der Waals surface area contributed by atoms with E-state index >= 15 is 0 Å². The summed E-state index contributed by atoms with van der Waals surface area (Å²) in [5, 5.41) is 0. The molecule has 0 aromatic heterocycles. The second kappa shape index (κ2) is 3.35. The van der Waals surface area contributed by atoms with Gasteiger partial charge in [0.2, 0.25) is 0 Å². The fourth-order valence-electron chi connectivity index (χ4n) is 2.16. The highest BCUT2D eigenvalue weighted by Gasteiger charge is 2.46. The van der Waals surface area contributed by atoms with Gasteiger partial charge in [-0.3, -0.25) is 9.59 Å². The van der Waals surface area contributed by atoms with E-state index in [1.807, 2.05) is 13.8 Å². The van der Waals surface area contributed by atoms with Gasteiger partial charge < -0.3 is 9.47 Å². The van der Waals surface area contributed by atoms with Gasteiger partial charge in [-0.2, -0.15) is 0 Å². The van der Waals surface area contributed by atoms with Crippen molar-refractivity contribution in [2.45, 2.75) is 45.0 Å². The molecule has 2 fully saturated rings. The lowest BCUT2D eigenvalue weighted by atomic mass is 9.86. The van der Waals surface area contributed by atoms with Gasteiger partial charge in [0.25, 0.3) is 0 Å². The van der Waals surface area contributed by atoms with Crippen LogP contribution in [0.3, 0.4) is 0 Å². The zero-order valence-corrected chi connectivity index (χ0v) is 8.36. The van der Waals surface area contributed by atoms with E-state index in [0.717, 1.165) is 0 Å². The highest BCUT2D eigenvalue weighted by atomic mass is 16.6. The van der Waals surface area contributed by atoms with E-state index in [4.69, 9.17) is 9.47 Å². The average Bonchev–Trinajstić information content (AvgIpc) is 1.99. The van der Waals surface area contributed by atoms with E-state index in [9.17, 15) is 9.59 Å². The van der Waals surface area contributed by atoms with Crippen molar-refractivity contribution in [3.63, 3.8) is 0 Å². The van der Waals surface area contributed by atoms with Crippen molar-refractivity contribution < 1.29 is 19.1 Å². The third kappa shape index (κ3) is 1.54. The summed E-state index contributed by atoms with van der Waals surface area (Å²) in [6, 6.07) is 0. The summed E-state index contributed by atoms with van der Waals surface area (Å²) in [7, 11) is 0. The fourth-order valence-corrected chi connectivity index (χ4v) is 2.16. The lowest BCUT2D eigenvalue weighted by molar-refractivity contribution is -0.186. The number of ether oxygens (including phenoxy) is 2. The molecule has 0 aliphatic carbocycles. The SMILES string of the molecule is CC1CC2OC(C)CC(=O)C2C(=O)O1. The second-order valence-corrected chi connectivity index (χ2v) is 4.12. The molecule has 4 nitrogen and oxygen atoms in total. The van der Waals surface area contributed by atoms with Gasteiger partial charge in [-0.1, -0.05) is 0 Å². The largest absolute Gasteiger partial charge is 0.462 e. The molecule has 4 unspecified atom stereocenters. The van der Waals surface area contributed by atoms with Crippen molar-refractivity contribution in [2.24, 2.45) is 5.92 Å². The summed E-state index contributed by atoms with van der Waals surface area (Å²) in [5.41, 5.74) is 0. The monoisotopic (exact) mass is 198 g/mol. The number of ketones is 1. The van der Waals surface area contributed by atoms with Crippen molar-refractivity contribution in [3.8, 4) is 0 Å². The summed E-state index contributed by atoms with van der Waals surface area (Å²) in [4.78, 5) is 23.0. The van der Waals surface area contributed by atoms with Crippen LogP contribution in [0.4, 0.5) is 0 Å². The number of rotatable bonds is 0. The van der Waals surface area contributed by atoms with Crippen molar-refractivity contribution >= 4 is 11.8 Å². The molecule has 2 aliphatic rings. The van der Waals surface area contributed by atoms with Gasteiger partial charge in [0.1, 0.15) is 12.0 Å². The average molecular weight is 198 g/mol. The summed E-state index contributed by atoms with van der Waals surface area (Å²) < 4.78 is 10.6. The predicted molar refractivity (Wildman–Crippen MR) is 47.6 cm³/mol. The van der Waals surface area contributed by atoms with E-state index in [2.05, 4.69) is 0 Å². The standard InChI is InChI=1S/C10H14O4/c1-5-3-7(11)9-8(13-5)4-6(2)14-10(9)12/h5-6,8-9H,3-4H2,1-2H3. The number of carbonyl (C=O) groups excluding carboxylic acids is 2. The Morgan fingerprint density at radius 2 is 1.93 bits per heavy atom. The van der Waals surface area contributed by atoms with Gasteiger partial charge in [-0.25, -0.2) is 0 Å². The number of hydrogen-bond acceptors (Lipinski definition) is 4. The molecule has 4 atom stereocenters. The van der Waals surface area contributed by atoms with Crippen LogP contribution in [0.5, 0.6) is 0 Å². The van der Waals surface area contributed by atoms with Crippen LogP contribution < -0.4 is 0 Å². The van der Waals surface area contributed by atoms with Crippen molar-refractivity contribution in [3.05, 3.63) is 0 Å². The summed E-state index contributed by atoms with van der Waals surface area (Å²) in [5.74, 6) is -1.11. The fraction of sp³-hybridized carbons (Fsp3) is 0.800. The molecular weight excluding hydrogens is 184 g/mol. The van der Waals surface area contributed by atoms with Crippen LogP contribution in [-0.2, 0) is 19.1 Å². The molecule has 14 heavy (non-hydrogen) atoms. The van der Waals surface area contributed by atoms with E-state index in [1.165, 1.54) is 0 Å². The molecule has 0 aromatic carbocycles. The van der Waals surface area contributed by atoms with Gasteiger partial charge >= 0.3 is 5.97 Å². The lowest BCUT2D eigenvalue weighted by Crippen LogP contribution is -2.50. The topological polar surface area (TPSA) is 52.6 Å². The van der Waals surface area contributed by atoms with Crippen LogP contribution in [-0.4, -0.2) is 30.1 Å². The maximum atomic E-state index is 11.6. The quantitative estimate of drug-likeness (QED) is 0.424. The molecule has 2 heterocycles. The smallest absolute Gasteiger partial charge is 0.319 e. The number of cyclic esters (lactones) is 1. The summed E-state index contributed by atoms with van der Waals surface area (Å²) >= 11 is 0. The highest BCUT2D eigenvalue weighted by Crippen LogP contribution is 2.30. The number of fused-ring (bicyclic) bond motifs is 1. The first-order chi connectivity index (χ1) is 6.58. The number of hydrogen-bond donors (Lipinski definition) is 0. The van der Waals surface area contributed by atoms with Gasteiger partial charge in [-0.05, 0) is 13.8 Å². The third-order valence-corrected chi connectivity index (χ3v) is 2.75. The molecule has 4 heteroatoms. The Bertz CT molecular complexity index is 247. The Labute approximate surface area is 82.6 Å². The molecule has 2 saturated heterocycles. The van der Waals surface area contributed by atoms with Crippen LogP contribution in [0.15, 0.2) is 0 Å². The minimum absolute atomic E-state index is 0.0364. The molecule has 0 amide bonds. The van der Waals surface area contributed by atoms with Crippen molar-refractivity contribution in [2.75, 3.05) is 0 Å². The van der Waals surface area contributed by atoms with Crippen LogP contribution in [0.2, 0.25) is 0 Å². The molecule has 0 saturated carbocycles. The maximum absolute atomic E-state index is 11.6. The number of Topliss-reactive ketones (excluding diaryl/α,β-unsaturated/α-hetero) is 1. The van der Waals surface area contributed by atoms with Gasteiger partial charge in [0, 0.05) is 12.8 Å². The molecule has 0 radical (unpaired) electrons. The summed E-state index contributed by atoms with van der Waals surface area (Å²) in [6.45, 7) is 3.68. The molecule has 2 rings (SSSR count). The molecular formula is C10H14O4.